The van der Waals surface area contributed by atoms with Crippen LogP contribution in [-0.4, -0.2) is 16.5 Å². The van der Waals surface area contributed by atoms with Gasteiger partial charge >= 0.3 is 0 Å². The Hall–Kier alpha value is -1.32. The number of aryl methyl sites for hydroxylation is 1. The van der Waals surface area contributed by atoms with E-state index in [0.29, 0.717) is 5.15 Å². The van der Waals surface area contributed by atoms with E-state index in [9.17, 15) is 0 Å². The summed E-state index contributed by atoms with van der Waals surface area (Å²) in [6.45, 7) is 4.90. The van der Waals surface area contributed by atoms with Gasteiger partial charge in [-0.3, -0.25) is 0 Å². The smallest absolute Gasteiger partial charge is 0.142 e. The molecule has 0 aliphatic rings. The molecule has 0 unspecified atom stereocenters. The maximum Gasteiger partial charge on any atom is 0.142 e. The number of nitrogens with zero attached hydrogens (tertiary/aromatic N) is 3. The minimum absolute atomic E-state index is 0.289. The van der Waals surface area contributed by atoms with Crippen molar-refractivity contribution in [2.24, 2.45) is 0 Å². The van der Waals surface area contributed by atoms with Crippen LogP contribution in [-0.2, 0) is 5.88 Å². The number of hydrogen-bond acceptors (Lipinski definition) is 3. The van der Waals surface area contributed by atoms with Gasteiger partial charge < -0.3 is 4.90 Å². The van der Waals surface area contributed by atoms with E-state index in [0.717, 1.165) is 23.6 Å². The van der Waals surface area contributed by atoms with Crippen molar-refractivity contribution in [3.8, 4) is 0 Å². The molecule has 0 bridgehead atoms. The zero-order chi connectivity index (χ0) is 13.8. The van der Waals surface area contributed by atoms with Crippen molar-refractivity contribution in [3.05, 3.63) is 46.9 Å². The van der Waals surface area contributed by atoms with Gasteiger partial charge in [-0.25, -0.2) is 9.97 Å². The zero-order valence-corrected chi connectivity index (χ0v) is 12.4. The Kier molecular flexibility index (Phi) is 4.61. The average molecular weight is 296 g/mol. The first-order valence-corrected chi connectivity index (χ1v) is 6.98. The molecule has 0 atom stereocenters. The molecule has 0 N–H and O–H groups in total. The lowest BCUT2D eigenvalue weighted by atomic mass is 10.2. The monoisotopic (exact) mass is 295 g/mol. The normalized spacial score (nSPS) is 10.5. The first-order valence-electron chi connectivity index (χ1n) is 6.07. The van der Waals surface area contributed by atoms with Crippen LogP contribution in [0.5, 0.6) is 0 Å². The summed E-state index contributed by atoms with van der Waals surface area (Å²) in [7, 11) is 0. The summed E-state index contributed by atoms with van der Waals surface area (Å²) >= 11 is 12.0. The number of aromatic nitrogens is 2. The molecule has 0 amide bonds. The fraction of sp³-hybridized carbons (Fsp3) is 0.286. The third-order valence-electron chi connectivity index (χ3n) is 2.92. The Morgan fingerprint density at radius 2 is 1.84 bits per heavy atom. The van der Waals surface area contributed by atoms with Crippen LogP contribution < -0.4 is 4.90 Å². The fourth-order valence-corrected chi connectivity index (χ4v) is 2.42. The van der Waals surface area contributed by atoms with E-state index < -0.39 is 0 Å². The van der Waals surface area contributed by atoms with Crippen LogP contribution in [0.3, 0.4) is 0 Å². The highest BCUT2D eigenvalue weighted by Crippen LogP contribution is 2.30. The largest absolute Gasteiger partial charge is 0.326 e. The molecule has 1 aromatic heterocycles. The topological polar surface area (TPSA) is 29.0 Å². The molecular weight excluding hydrogens is 281 g/mol. The van der Waals surface area contributed by atoms with Gasteiger partial charge in [0.05, 0.1) is 5.88 Å². The first-order chi connectivity index (χ1) is 9.17. The third-order valence-corrected chi connectivity index (χ3v) is 3.51. The van der Waals surface area contributed by atoms with E-state index in [1.54, 1.807) is 0 Å². The molecule has 0 aliphatic carbocycles. The summed E-state index contributed by atoms with van der Waals surface area (Å²) in [5.41, 5.74) is 3.04. The average Bonchev–Trinajstić information content (AvgIpc) is 2.42. The van der Waals surface area contributed by atoms with Crippen LogP contribution in [0, 0.1) is 6.92 Å². The van der Waals surface area contributed by atoms with E-state index in [2.05, 4.69) is 53.0 Å². The molecule has 3 nitrogen and oxygen atoms in total. The summed E-state index contributed by atoms with van der Waals surface area (Å²) in [6, 6.07) is 8.27. The number of hydrogen-bond donors (Lipinski definition) is 0. The lowest BCUT2D eigenvalue weighted by Gasteiger charge is -2.24. The second-order valence-corrected chi connectivity index (χ2v) is 4.81. The summed E-state index contributed by atoms with van der Waals surface area (Å²) < 4.78 is 0. The van der Waals surface area contributed by atoms with Crippen LogP contribution in [0.2, 0.25) is 5.15 Å². The number of anilines is 2. The predicted molar refractivity (Wildman–Crippen MR) is 80.5 cm³/mol. The fourth-order valence-electron chi connectivity index (χ4n) is 1.91. The molecule has 1 aromatic carbocycles. The molecule has 19 heavy (non-hydrogen) atoms. The molecule has 0 radical (unpaired) electrons. The van der Waals surface area contributed by atoms with Gasteiger partial charge in [-0.1, -0.05) is 29.3 Å². The van der Waals surface area contributed by atoms with Crippen LogP contribution in [0.4, 0.5) is 11.5 Å². The van der Waals surface area contributed by atoms with E-state index in [-0.39, 0.29) is 5.88 Å². The van der Waals surface area contributed by atoms with Gasteiger partial charge in [-0.05, 0) is 26.0 Å². The van der Waals surface area contributed by atoms with Gasteiger partial charge in [0, 0.05) is 17.8 Å². The SMILES string of the molecule is CCN(c1ccc(C)cc1)c1ncnc(Cl)c1CCl. The van der Waals surface area contributed by atoms with Crippen molar-refractivity contribution in [2.45, 2.75) is 19.7 Å². The summed E-state index contributed by atoms with van der Waals surface area (Å²) in [6.07, 6.45) is 1.46. The van der Waals surface area contributed by atoms with Gasteiger partial charge in [0.1, 0.15) is 17.3 Å². The van der Waals surface area contributed by atoms with Gasteiger partial charge in [-0.15, -0.1) is 11.6 Å². The molecule has 5 heteroatoms. The standard InChI is InChI=1S/C14H15Cl2N3/c1-3-19(11-6-4-10(2)5-7-11)14-12(8-15)13(16)17-9-18-14/h4-7,9H,3,8H2,1-2H3. The second-order valence-electron chi connectivity index (χ2n) is 4.18. The molecular formula is C14H15Cl2N3. The lowest BCUT2D eigenvalue weighted by molar-refractivity contribution is 0.958. The number of benzene rings is 1. The van der Waals surface area contributed by atoms with Crippen LogP contribution in [0.25, 0.3) is 0 Å². The predicted octanol–water partition coefficient (Wildman–Crippen LogP) is 4.34. The van der Waals surface area contributed by atoms with Gasteiger partial charge in [0.15, 0.2) is 0 Å². The summed E-state index contributed by atoms with van der Waals surface area (Å²) in [4.78, 5) is 10.4. The minimum atomic E-state index is 0.289. The summed E-state index contributed by atoms with van der Waals surface area (Å²) in [5, 5.41) is 0.408. The quantitative estimate of drug-likeness (QED) is 0.621. The van der Waals surface area contributed by atoms with E-state index in [1.807, 2.05) is 0 Å². The lowest BCUT2D eigenvalue weighted by Crippen LogP contribution is -2.19. The molecule has 0 fully saturated rings. The van der Waals surface area contributed by atoms with E-state index in [4.69, 9.17) is 23.2 Å². The Bertz CT molecular complexity index is 555. The number of alkyl halides is 1. The Labute approximate surface area is 123 Å². The molecule has 2 rings (SSSR count). The van der Waals surface area contributed by atoms with E-state index >= 15 is 0 Å². The Balaban J connectivity index is 2.48. The summed E-state index contributed by atoms with van der Waals surface area (Å²) in [5.74, 6) is 1.05. The first kappa shape index (κ1) is 14.1. The van der Waals surface area contributed by atoms with Crippen LogP contribution in [0.1, 0.15) is 18.1 Å². The molecule has 0 saturated carbocycles. The van der Waals surface area contributed by atoms with Crippen molar-refractivity contribution >= 4 is 34.7 Å². The molecule has 0 saturated heterocycles. The molecule has 100 valence electrons. The van der Waals surface area contributed by atoms with E-state index in [1.165, 1.54) is 11.9 Å². The van der Waals surface area contributed by atoms with Crippen LogP contribution >= 0.6 is 23.2 Å². The third kappa shape index (κ3) is 2.99. The maximum absolute atomic E-state index is 6.08. The van der Waals surface area contributed by atoms with Crippen molar-refractivity contribution in [1.29, 1.82) is 0 Å². The van der Waals surface area contributed by atoms with Gasteiger partial charge in [0.2, 0.25) is 0 Å². The van der Waals surface area contributed by atoms with Crippen molar-refractivity contribution in [1.82, 2.24) is 9.97 Å². The number of rotatable bonds is 4. The Morgan fingerprint density at radius 3 is 2.42 bits per heavy atom. The van der Waals surface area contributed by atoms with Crippen LogP contribution in [0.15, 0.2) is 30.6 Å². The highest BCUT2D eigenvalue weighted by molar-refractivity contribution is 6.31. The van der Waals surface area contributed by atoms with Gasteiger partial charge in [-0.2, -0.15) is 0 Å². The second kappa shape index (κ2) is 6.22. The highest BCUT2D eigenvalue weighted by atomic mass is 35.5. The maximum atomic E-state index is 6.08. The minimum Gasteiger partial charge on any atom is -0.326 e. The van der Waals surface area contributed by atoms with Crippen molar-refractivity contribution in [3.63, 3.8) is 0 Å². The molecule has 0 aliphatic heterocycles. The van der Waals surface area contributed by atoms with Gasteiger partial charge in [0.25, 0.3) is 0 Å². The van der Waals surface area contributed by atoms with Crippen molar-refractivity contribution in [2.75, 3.05) is 11.4 Å². The Morgan fingerprint density at radius 1 is 1.16 bits per heavy atom. The number of halogens is 2. The highest BCUT2D eigenvalue weighted by Gasteiger charge is 2.16. The van der Waals surface area contributed by atoms with Crippen molar-refractivity contribution < 1.29 is 0 Å². The zero-order valence-electron chi connectivity index (χ0n) is 10.9. The molecule has 2 aromatic rings. The molecule has 0 spiro atoms. The molecule has 1 heterocycles.